The predicted molar refractivity (Wildman–Crippen MR) is 69.2 cm³/mol. The van der Waals surface area contributed by atoms with E-state index in [2.05, 4.69) is 6.92 Å². The SMILES string of the molecule is CCCC1CCCN(C(=O)c2ccc(C(=O)O)o2)C1. The minimum atomic E-state index is -1.15. The van der Waals surface area contributed by atoms with E-state index in [9.17, 15) is 9.59 Å². The van der Waals surface area contributed by atoms with Crippen LogP contribution >= 0.6 is 0 Å². The Morgan fingerprint density at radius 2 is 2.16 bits per heavy atom. The summed E-state index contributed by atoms with van der Waals surface area (Å²) in [5, 5.41) is 8.78. The second-order valence-corrected chi connectivity index (χ2v) is 5.02. The van der Waals surface area contributed by atoms with Gasteiger partial charge in [-0.1, -0.05) is 13.3 Å². The van der Waals surface area contributed by atoms with Crippen LogP contribution in [-0.4, -0.2) is 35.0 Å². The molecule has 5 nitrogen and oxygen atoms in total. The first-order valence-corrected chi connectivity index (χ1v) is 6.74. The quantitative estimate of drug-likeness (QED) is 0.908. The highest BCUT2D eigenvalue weighted by molar-refractivity contribution is 5.93. The molecule has 1 aliphatic heterocycles. The van der Waals surface area contributed by atoms with Crippen LogP contribution < -0.4 is 0 Å². The van der Waals surface area contributed by atoms with Crippen molar-refractivity contribution in [3.8, 4) is 0 Å². The maximum Gasteiger partial charge on any atom is 0.371 e. The molecule has 5 heteroatoms. The third-order valence-electron chi connectivity index (χ3n) is 3.53. The molecule has 0 aromatic carbocycles. The van der Waals surface area contributed by atoms with E-state index in [1.807, 2.05) is 0 Å². The molecule has 19 heavy (non-hydrogen) atoms. The van der Waals surface area contributed by atoms with Crippen LogP contribution in [0.15, 0.2) is 16.5 Å². The summed E-state index contributed by atoms with van der Waals surface area (Å²) in [4.78, 5) is 24.7. The highest BCUT2D eigenvalue weighted by Crippen LogP contribution is 2.22. The number of hydrogen-bond donors (Lipinski definition) is 1. The lowest BCUT2D eigenvalue weighted by molar-refractivity contribution is 0.0614. The largest absolute Gasteiger partial charge is 0.475 e. The van der Waals surface area contributed by atoms with Crippen LogP contribution in [0.5, 0.6) is 0 Å². The van der Waals surface area contributed by atoms with Gasteiger partial charge < -0.3 is 14.4 Å². The van der Waals surface area contributed by atoms with E-state index in [1.54, 1.807) is 4.90 Å². The number of aromatic carboxylic acids is 1. The minimum Gasteiger partial charge on any atom is -0.475 e. The van der Waals surface area contributed by atoms with Crippen LogP contribution in [0.2, 0.25) is 0 Å². The Morgan fingerprint density at radius 1 is 1.42 bits per heavy atom. The lowest BCUT2D eigenvalue weighted by atomic mass is 9.93. The zero-order chi connectivity index (χ0) is 13.8. The summed E-state index contributed by atoms with van der Waals surface area (Å²) in [5.74, 6) is -0.869. The van der Waals surface area contributed by atoms with Crippen LogP contribution in [0.25, 0.3) is 0 Å². The van der Waals surface area contributed by atoms with Crippen molar-refractivity contribution in [3.63, 3.8) is 0 Å². The van der Waals surface area contributed by atoms with Crippen LogP contribution in [0.3, 0.4) is 0 Å². The number of likely N-dealkylation sites (tertiary alicyclic amines) is 1. The van der Waals surface area contributed by atoms with Crippen molar-refractivity contribution >= 4 is 11.9 Å². The van der Waals surface area contributed by atoms with E-state index >= 15 is 0 Å². The highest BCUT2D eigenvalue weighted by Gasteiger charge is 2.26. The zero-order valence-electron chi connectivity index (χ0n) is 11.1. The molecular formula is C14H19NO4. The molecule has 1 aromatic heterocycles. The van der Waals surface area contributed by atoms with Gasteiger partial charge in [-0.15, -0.1) is 0 Å². The van der Waals surface area contributed by atoms with E-state index in [1.165, 1.54) is 12.1 Å². The lowest BCUT2D eigenvalue weighted by Gasteiger charge is -2.32. The van der Waals surface area contributed by atoms with Gasteiger partial charge in [0.15, 0.2) is 5.76 Å². The van der Waals surface area contributed by atoms with Crippen molar-refractivity contribution in [2.45, 2.75) is 32.6 Å². The van der Waals surface area contributed by atoms with Crippen LogP contribution in [-0.2, 0) is 0 Å². The lowest BCUT2D eigenvalue weighted by Crippen LogP contribution is -2.39. The fourth-order valence-corrected chi connectivity index (χ4v) is 2.62. The van der Waals surface area contributed by atoms with Gasteiger partial charge in [0.25, 0.3) is 5.91 Å². The summed E-state index contributed by atoms with van der Waals surface area (Å²) >= 11 is 0. The third-order valence-corrected chi connectivity index (χ3v) is 3.53. The van der Waals surface area contributed by atoms with Gasteiger partial charge in [-0.25, -0.2) is 4.79 Å². The maximum atomic E-state index is 12.2. The normalized spacial score (nSPS) is 19.4. The number of carboxylic acid groups (broad SMARTS) is 1. The first-order chi connectivity index (χ1) is 9.11. The molecule has 2 heterocycles. The molecule has 0 saturated carbocycles. The predicted octanol–water partition coefficient (Wildman–Crippen LogP) is 2.63. The molecule has 104 valence electrons. The maximum absolute atomic E-state index is 12.2. The van der Waals surface area contributed by atoms with E-state index in [-0.39, 0.29) is 17.4 Å². The summed E-state index contributed by atoms with van der Waals surface area (Å²) in [6.07, 6.45) is 4.41. The number of carbonyl (C=O) groups excluding carboxylic acids is 1. The van der Waals surface area contributed by atoms with E-state index in [4.69, 9.17) is 9.52 Å². The van der Waals surface area contributed by atoms with Gasteiger partial charge in [-0.2, -0.15) is 0 Å². The second kappa shape index (κ2) is 5.91. The Balaban J connectivity index is 2.03. The van der Waals surface area contributed by atoms with Crippen molar-refractivity contribution in [2.24, 2.45) is 5.92 Å². The zero-order valence-corrected chi connectivity index (χ0v) is 11.1. The average Bonchev–Trinajstić information content (AvgIpc) is 2.88. The summed E-state index contributed by atoms with van der Waals surface area (Å²) in [7, 11) is 0. The molecule has 1 saturated heterocycles. The molecular weight excluding hydrogens is 246 g/mol. The van der Waals surface area contributed by atoms with E-state index < -0.39 is 5.97 Å². The summed E-state index contributed by atoms with van der Waals surface area (Å²) in [5.41, 5.74) is 0. The van der Waals surface area contributed by atoms with E-state index in [0.29, 0.717) is 5.92 Å². The van der Waals surface area contributed by atoms with Crippen LogP contribution in [0, 0.1) is 5.92 Å². The smallest absolute Gasteiger partial charge is 0.371 e. The van der Waals surface area contributed by atoms with Gasteiger partial charge in [0, 0.05) is 13.1 Å². The van der Waals surface area contributed by atoms with Gasteiger partial charge >= 0.3 is 5.97 Å². The minimum absolute atomic E-state index is 0.120. The molecule has 1 unspecified atom stereocenters. The van der Waals surface area contributed by atoms with Crippen molar-refractivity contribution in [2.75, 3.05) is 13.1 Å². The van der Waals surface area contributed by atoms with Crippen molar-refractivity contribution in [1.82, 2.24) is 4.90 Å². The molecule has 1 atom stereocenters. The summed E-state index contributed by atoms with van der Waals surface area (Å²) < 4.78 is 5.06. The molecule has 0 spiro atoms. The van der Waals surface area contributed by atoms with Gasteiger partial charge in [0.1, 0.15) is 0 Å². The first kappa shape index (κ1) is 13.6. The van der Waals surface area contributed by atoms with Crippen LogP contribution in [0.1, 0.15) is 53.7 Å². The Hall–Kier alpha value is -1.78. The molecule has 1 N–H and O–H groups in total. The number of carboxylic acids is 1. The third kappa shape index (κ3) is 3.16. The van der Waals surface area contributed by atoms with Gasteiger partial charge in [-0.3, -0.25) is 4.79 Å². The van der Waals surface area contributed by atoms with Gasteiger partial charge in [0.2, 0.25) is 5.76 Å². The van der Waals surface area contributed by atoms with Crippen molar-refractivity contribution in [3.05, 3.63) is 23.7 Å². The molecule has 1 amide bonds. The molecule has 1 fully saturated rings. The number of nitrogens with zero attached hydrogens (tertiary/aromatic N) is 1. The Kier molecular flexibility index (Phi) is 4.24. The molecule has 0 bridgehead atoms. The number of furan rings is 1. The van der Waals surface area contributed by atoms with Crippen molar-refractivity contribution < 1.29 is 19.1 Å². The molecule has 0 radical (unpaired) electrons. The molecule has 1 aliphatic rings. The molecule has 0 aliphatic carbocycles. The topological polar surface area (TPSA) is 70.8 Å². The number of piperidine rings is 1. The van der Waals surface area contributed by atoms with Crippen molar-refractivity contribution in [1.29, 1.82) is 0 Å². The molecule has 1 aromatic rings. The van der Waals surface area contributed by atoms with Crippen LogP contribution in [0.4, 0.5) is 0 Å². The standard InChI is InChI=1S/C14H19NO4/c1-2-4-10-5-3-8-15(9-10)13(16)11-6-7-12(19-11)14(17)18/h6-7,10H,2-5,8-9H2,1H3,(H,17,18). The fourth-order valence-electron chi connectivity index (χ4n) is 2.62. The number of amides is 1. The summed E-state index contributed by atoms with van der Waals surface area (Å²) in [6.45, 7) is 3.62. The Bertz CT molecular complexity index is 464. The van der Waals surface area contributed by atoms with Gasteiger partial charge in [0.05, 0.1) is 0 Å². The summed E-state index contributed by atoms with van der Waals surface area (Å²) in [6, 6.07) is 2.76. The fraction of sp³-hybridized carbons (Fsp3) is 0.571. The monoisotopic (exact) mass is 265 g/mol. The number of rotatable bonds is 4. The average molecular weight is 265 g/mol. The van der Waals surface area contributed by atoms with Gasteiger partial charge in [-0.05, 0) is 37.3 Å². The molecule has 2 rings (SSSR count). The number of carbonyl (C=O) groups is 2. The number of hydrogen-bond acceptors (Lipinski definition) is 3. The first-order valence-electron chi connectivity index (χ1n) is 6.74. The Labute approximate surface area is 112 Å². The van der Waals surface area contributed by atoms with E-state index in [0.717, 1.165) is 38.8 Å². The highest BCUT2D eigenvalue weighted by atomic mass is 16.4. The second-order valence-electron chi connectivity index (χ2n) is 5.02. The Morgan fingerprint density at radius 3 is 2.79 bits per heavy atom.